The lowest BCUT2D eigenvalue weighted by molar-refractivity contribution is 0.251. The predicted octanol–water partition coefficient (Wildman–Crippen LogP) is 3.65. The number of nitrogens with one attached hydrogen (secondary N) is 1. The van der Waals surface area contributed by atoms with E-state index in [2.05, 4.69) is 45.5 Å². The molecule has 2 nitrogen and oxygen atoms in total. The molecule has 1 aromatic carbocycles. The highest BCUT2D eigenvalue weighted by Crippen LogP contribution is 2.33. The van der Waals surface area contributed by atoms with Crippen LogP contribution in [0.15, 0.2) is 40.9 Å². The van der Waals surface area contributed by atoms with Crippen LogP contribution in [0.4, 0.5) is 0 Å². The summed E-state index contributed by atoms with van der Waals surface area (Å²) in [5, 5.41) is 12.2. The van der Waals surface area contributed by atoms with Crippen molar-refractivity contribution in [1.82, 2.24) is 5.32 Å². The van der Waals surface area contributed by atoms with Crippen molar-refractivity contribution >= 4 is 27.3 Å². The van der Waals surface area contributed by atoms with Crippen LogP contribution >= 0.6 is 27.3 Å². The summed E-state index contributed by atoms with van der Waals surface area (Å²) >= 11 is 5.35. The predicted molar refractivity (Wildman–Crippen MR) is 80.8 cm³/mol. The molecule has 4 heteroatoms. The summed E-state index contributed by atoms with van der Waals surface area (Å²) in [5.74, 6) is 0. The third-order valence-corrected chi connectivity index (χ3v) is 4.51. The maximum atomic E-state index is 8.97. The van der Waals surface area contributed by atoms with Crippen molar-refractivity contribution in [3.8, 4) is 10.4 Å². The lowest BCUT2D eigenvalue weighted by atomic mass is 10.2. The Morgan fingerprint density at radius 1 is 1.28 bits per heavy atom. The van der Waals surface area contributed by atoms with Gasteiger partial charge in [-0.15, -0.1) is 11.3 Å². The van der Waals surface area contributed by atoms with Crippen LogP contribution in [0.1, 0.15) is 11.8 Å². The van der Waals surface area contributed by atoms with Gasteiger partial charge in [-0.1, -0.05) is 34.1 Å². The van der Waals surface area contributed by atoms with Crippen LogP contribution in [0.2, 0.25) is 0 Å². The number of hydrogen-bond donors (Lipinski definition) is 2. The van der Waals surface area contributed by atoms with Gasteiger partial charge in [-0.2, -0.15) is 0 Å². The molecule has 1 aromatic heterocycles. The summed E-state index contributed by atoms with van der Waals surface area (Å²) in [6, 6.07) is 12.7. The van der Waals surface area contributed by atoms with E-state index in [9.17, 15) is 0 Å². The first-order chi connectivity index (χ1) is 8.70. The summed E-state index contributed by atoms with van der Waals surface area (Å²) in [6.45, 7) is 2.95. The van der Waals surface area contributed by atoms with Crippen LogP contribution in [-0.2, 0) is 6.54 Å². The third kappa shape index (κ3) is 3.42. The Morgan fingerprint density at radius 3 is 2.78 bits per heavy atom. The molecule has 96 valence electrons. The zero-order valence-electron chi connectivity index (χ0n) is 10.2. The minimum atomic E-state index is 0.138. The average Bonchev–Trinajstić information content (AvgIpc) is 2.85. The number of hydrogen-bond acceptors (Lipinski definition) is 3. The van der Waals surface area contributed by atoms with Crippen molar-refractivity contribution in [2.75, 3.05) is 6.61 Å². The van der Waals surface area contributed by atoms with Gasteiger partial charge in [0.2, 0.25) is 0 Å². The van der Waals surface area contributed by atoms with Crippen LogP contribution in [0, 0.1) is 0 Å². The average molecular weight is 326 g/mol. The fourth-order valence-electron chi connectivity index (χ4n) is 1.62. The molecule has 0 radical (unpaired) electrons. The molecule has 0 amide bonds. The second-order valence-corrected chi connectivity index (χ2v) is 6.23. The maximum absolute atomic E-state index is 8.97. The van der Waals surface area contributed by atoms with Gasteiger partial charge in [-0.05, 0) is 25.1 Å². The molecule has 0 bridgehead atoms. The largest absolute Gasteiger partial charge is 0.395 e. The van der Waals surface area contributed by atoms with E-state index in [-0.39, 0.29) is 12.6 Å². The molecule has 18 heavy (non-hydrogen) atoms. The van der Waals surface area contributed by atoms with Crippen molar-refractivity contribution in [1.29, 1.82) is 0 Å². The fraction of sp³-hybridized carbons (Fsp3) is 0.286. The molecule has 1 heterocycles. The second-order valence-electron chi connectivity index (χ2n) is 4.21. The van der Waals surface area contributed by atoms with Crippen molar-refractivity contribution in [2.45, 2.75) is 19.5 Å². The molecule has 0 fully saturated rings. The van der Waals surface area contributed by atoms with Gasteiger partial charge in [-0.3, -0.25) is 0 Å². The van der Waals surface area contributed by atoms with Crippen molar-refractivity contribution < 1.29 is 5.11 Å². The molecule has 2 N–H and O–H groups in total. The minimum Gasteiger partial charge on any atom is -0.395 e. The van der Waals surface area contributed by atoms with Crippen LogP contribution in [0.5, 0.6) is 0 Å². The Labute approximate surface area is 120 Å². The number of halogens is 1. The van der Waals surface area contributed by atoms with E-state index >= 15 is 0 Å². The molecule has 0 spiro atoms. The Bertz CT molecular complexity index is 512. The summed E-state index contributed by atoms with van der Waals surface area (Å²) in [5.41, 5.74) is 1.23. The van der Waals surface area contributed by atoms with Gasteiger partial charge in [0.05, 0.1) is 6.61 Å². The van der Waals surface area contributed by atoms with Gasteiger partial charge in [-0.25, -0.2) is 0 Å². The van der Waals surface area contributed by atoms with E-state index in [0.29, 0.717) is 0 Å². The second kappa shape index (κ2) is 6.48. The molecule has 1 atom stereocenters. The summed E-state index contributed by atoms with van der Waals surface area (Å²) in [6.07, 6.45) is 0. The molecule has 0 saturated carbocycles. The normalized spacial score (nSPS) is 12.6. The summed E-state index contributed by atoms with van der Waals surface area (Å²) in [4.78, 5) is 2.54. The monoisotopic (exact) mass is 325 g/mol. The van der Waals surface area contributed by atoms with Crippen molar-refractivity contribution in [2.24, 2.45) is 0 Å². The molecule has 0 aliphatic carbocycles. The van der Waals surface area contributed by atoms with E-state index in [1.807, 2.05) is 19.1 Å². The highest BCUT2D eigenvalue weighted by atomic mass is 79.9. The minimum absolute atomic E-state index is 0.138. The highest BCUT2D eigenvalue weighted by Gasteiger charge is 2.06. The van der Waals surface area contributed by atoms with E-state index in [4.69, 9.17) is 5.11 Å². The van der Waals surface area contributed by atoms with Gasteiger partial charge >= 0.3 is 0 Å². The molecular formula is C14H16BrNOS. The number of benzene rings is 1. The number of rotatable bonds is 5. The molecule has 2 rings (SSSR count). The zero-order valence-corrected chi connectivity index (χ0v) is 12.6. The topological polar surface area (TPSA) is 32.3 Å². The Balaban J connectivity index is 2.09. The smallest absolute Gasteiger partial charge is 0.0582 e. The van der Waals surface area contributed by atoms with Gasteiger partial charge in [0.1, 0.15) is 0 Å². The highest BCUT2D eigenvalue weighted by molar-refractivity contribution is 9.10. The number of aliphatic hydroxyl groups excluding tert-OH is 1. The lowest BCUT2D eigenvalue weighted by Crippen LogP contribution is -2.28. The summed E-state index contributed by atoms with van der Waals surface area (Å²) < 4.78 is 1.12. The van der Waals surface area contributed by atoms with Gasteiger partial charge in [0.15, 0.2) is 0 Å². The van der Waals surface area contributed by atoms with Crippen molar-refractivity contribution in [3.63, 3.8) is 0 Å². The molecule has 0 aliphatic rings. The fourth-order valence-corrected chi connectivity index (χ4v) is 3.25. The van der Waals surface area contributed by atoms with Gasteiger partial charge < -0.3 is 10.4 Å². The van der Waals surface area contributed by atoms with Crippen LogP contribution in [0.25, 0.3) is 10.4 Å². The molecule has 0 unspecified atom stereocenters. The van der Waals surface area contributed by atoms with E-state index in [0.717, 1.165) is 11.0 Å². The number of thiophene rings is 1. The van der Waals surface area contributed by atoms with E-state index < -0.39 is 0 Å². The first kappa shape index (κ1) is 13.7. The quantitative estimate of drug-likeness (QED) is 0.879. The first-order valence-electron chi connectivity index (χ1n) is 5.88. The Hall–Kier alpha value is -0.680. The SMILES string of the molecule is C[C@H](CO)NCc1ccc(-c2ccccc2Br)s1. The van der Waals surface area contributed by atoms with E-state index in [1.165, 1.54) is 15.3 Å². The maximum Gasteiger partial charge on any atom is 0.0582 e. The van der Waals surface area contributed by atoms with Gasteiger partial charge in [0.25, 0.3) is 0 Å². The van der Waals surface area contributed by atoms with E-state index in [1.54, 1.807) is 11.3 Å². The standard InChI is InChI=1S/C14H16BrNOS/c1-10(9-17)16-8-11-6-7-14(18-11)12-4-2-3-5-13(12)15/h2-7,10,16-17H,8-9H2,1H3/t10-/m1/s1. The molecule has 0 aliphatic heterocycles. The van der Waals surface area contributed by atoms with Gasteiger partial charge in [0, 0.05) is 32.4 Å². The van der Waals surface area contributed by atoms with Crippen LogP contribution in [-0.4, -0.2) is 17.8 Å². The zero-order chi connectivity index (χ0) is 13.0. The Kier molecular flexibility index (Phi) is 4.95. The molecular weight excluding hydrogens is 310 g/mol. The number of aliphatic hydroxyl groups is 1. The third-order valence-electron chi connectivity index (χ3n) is 2.70. The Morgan fingerprint density at radius 2 is 2.06 bits per heavy atom. The molecule has 2 aromatic rings. The van der Waals surface area contributed by atoms with Crippen LogP contribution in [0.3, 0.4) is 0 Å². The summed E-state index contributed by atoms with van der Waals surface area (Å²) in [7, 11) is 0. The first-order valence-corrected chi connectivity index (χ1v) is 7.49. The molecule has 0 saturated heterocycles. The van der Waals surface area contributed by atoms with Crippen LogP contribution < -0.4 is 5.32 Å². The van der Waals surface area contributed by atoms with Crippen molar-refractivity contribution in [3.05, 3.63) is 45.7 Å². The lowest BCUT2D eigenvalue weighted by Gasteiger charge is -2.08.